The van der Waals surface area contributed by atoms with E-state index in [9.17, 15) is 8.42 Å². The Morgan fingerprint density at radius 2 is 2.18 bits per heavy atom. The van der Waals surface area contributed by atoms with Crippen molar-refractivity contribution >= 4 is 21.6 Å². The van der Waals surface area contributed by atoms with E-state index in [-0.39, 0.29) is 16.5 Å². The molecule has 0 unspecified atom stereocenters. The van der Waals surface area contributed by atoms with Gasteiger partial charge in [0.15, 0.2) is 0 Å². The maximum Gasteiger partial charge on any atom is 0.242 e. The maximum absolute atomic E-state index is 11.9. The molecule has 0 radical (unpaired) electrons. The van der Waals surface area contributed by atoms with E-state index in [2.05, 4.69) is 4.72 Å². The summed E-state index contributed by atoms with van der Waals surface area (Å²) in [5.41, 5.74) is 5.29. The van der Waals surface area contributed by atoms with E-state index in [1.165, 1.54) is 19.2 Å². The van der Waals surface area contributed by atoms with Gasteiger partial charge in [-0.25, -0.2) is 13.1 Å². The van der Waals surface area contributed by atoms with Crippen molar-refractivity contribution in [1.82, 2.24) is 4.72 Å². The summed E-state index contributed by atoms with van der Waals surface area (Å²) in [5.74, 6) is 0.439. The van der Waals surface area contributed by atoms with E-state index in [4.69, 9.17) is 22.1 Å². The molecule has 7 heteroatoms. The van der Waals surface area contributed by atoms with Crippen LogP contribution in [0.5, 0.6) is 5.75 Å². The Morgan fingerprint density at radius 1 is 1.47 bits per heavy atom. The number of sulfonamides is 1. The van der Waals surface area contributed by atoms with Crippen molar-refractivity contribution in [1.29, 1.82) is 0 Å². The lowest BCUT2D eigenvalue weighted by atomic mass is 10.3. The van der Waals surface area contributed by atoms with Crippen LogP contribution in [0.15, 0.2) is 23.1 Å². The highest BCUT2D eigenvalue weighted by atomic mass is 35.5. The molecule has 1 rings (SSSR count). The Bertz CT molecular complexity index is 476. The van der Waals surface area contributed by atoms with Gasteiger partial charge in [-0.1, -0.05) is 11.6 Å². The molecule has 0 aliphatic carbocycles. The third kappa shape index (κ3) is 3.85. The number of nitrogens with two attached hydrogens (primary N) is 1. The summed E-state index contributed by atoms with van der Waals surface area (Å²) in [5, 5.41) is 0.158. The molecule has 1 aromatic rings. The molecule has 0 spiro atoms. The summed E-state index contributed by atoms with van der Waals surface area (Å²) >= 11 is 5.85. The molecule has 96 valence electrons. The predicted molar refractivity (Wildman–Crippen MR) is 66.9 cm³/mol. The van der Waals surface area contributed by atoms with Gasteiger partial charge in [0.05, 0.1) is 12.1 Å². The quantitative estimate of drug-likeness (QED) is 0.760. The van der Waals surface area contributed by atoms with Crippen LogP contribution >= 0.6 is 11.6 Å². The van der Waals surface area contributed by atoms with E-state index in [1.807, 2.05) is 0 Å². The molecule has 0 aromatic heterocycles. The van der Waals surface area contributed by atoms with Crippen molar-refractivity contribution in [2.45, 2.75) is 11.3 Å². The smallest absolute Gasteiger partial charge is 0.242 e. The van der Waals surface area contributed by atoms with Crippen LogP contribution in [0.2, 0.25) is 5.02 Å². The molecule has 0 heterocycles. The zero-order chi connectivity index (χ0) is 12.9. The largest absolute Gasteiger partial charge is 0.497 e. The van der Waals surface area contributed by atoms with Crippen molar-refractivity contribution in [3.8, 4) is 5.75 Å². The number of methoxy groups -OCH3 is 1. The highest BCUT2D eigenvalue weighted by molar-refractivity contribution is 7.89. The van der Waals surface area contributed by atoms with Gasteiger partial charge in [0.1, 0.15) is 10.6 Å². The lowest BCUT2D eigenvalue weighted by Crippen LogP contribution is -2.26. The molecular formula is C10H15ClN2O3S. The highest BCUT2D eigenvalue weighted by Gasteiger charge is 2.18. The zero-order valence-electron chi connectivity index (χ0n) is 9.44. The van der Waals surface area contributed by atoms with E-state index in [0.717, 1.165) is 0 Å². The first-order chi connectivity index (χ1) is 8.01. The molecule has 17 heavy (non-hydrogen) atoms. The third-order valence-corrected chi connectivity index (χ3v) is 4.04. The maximum atomic E-state index is 11.9. The molecule has 0 saturated carbocycles. The summed E-state index contributed by atoms with van der Waals surface area (Å²) in [6, 6.07) is 4.46. The van der Waals surface area contributed by atoms with E-state index in [1.54, 1.807) is 6.07 Å². The first-order valence-corrected chi connectivity index (χ1v) is 6.90. The molecule has 0 amide bonds. The lowest BCUT2D eigenvalue weighted by Gasteiger charge is -2.09. The van der Waals surface area contributed by atoms with E-state index in [0.29, 0.717) is 18.7 Å². The number of benzene rings is 1. The molecule has 0 fully saturated rings. The second-order valence-electron chi connectivity index (χ2n) is 3.34. The molecule has 0 saturated heterocycles. The Hall–Kier alpha value is -0.820. The molecule has 0 aliphatic heterocycles. The molecular weight excluding hydrogens is 264 g/mol. The van der Waals surface area contributed by atoms with Crippen LogP contribution < -0.4 is 15.2 Å². The van der Waals surface area contributed by atoms with Crippen LogP contribution in [0.1, 0.15) is 6.42 Å². The SMILES string of the molecule is COc1ccc(Cl)c(S(=O)(=O)NCCCN)c1. The van der Waals surface area contributed by atoms with E-state index < -0.39 is 10.0 Å². The Labute approximate surface area is 106 Å². The predicted octanol–water partition coefficient (Wildman–Crippen LogP) is 0.976. The fourth-order valence-electron chi connectivity index (χ4n) is 1.20. The molecule has 0 bridgehead atoms. The Kier molecular flexibility index (Phi) is 5.20. The van der Waals surface area contributed by atoms with Gasteiger partial charge in [0.2, 0.25) is 10.0 Å². The number of rotatable bonds is 6. The van der Waals surface area contributed by atoms with Gasteiger partial charge in [0.25, 0.3) is 0 Å². The van der Waals surface area contributed by atoms with Crippen LogP contribution in [0.3, 0.4) is 0 Å². The molecule has 0 atom stereocenters. The van der Waals surface area contributed by atoms with Gasteiger partial charge >= 0.3 is 0 Å². The summed E-state index contributed by atoms with van der Waals surface area (Å²) in [6.45, 7) is 0.709. The second kappa shape index (κ2) is 6.20. The van der Waals surface area contributed by atoms with Crippen molar-refractivity contribution in [2.24, 2.45) is 5.73 Å². The fourth-order valence-corrected chi connectivity index (χ4v) is 2.79. The molecule has 3 N–H and O–H groups in total. The Balaban J connectivity index is 2.97. The summed E-state index contributed by atoms with van der Waals surface area (Å²) < 4.78 is 31.2. The molecule has 5 nitrogen and oxygen atoms in total. The van der Waals surface area contributed by atoms with Gasteiger partial charge in [-0.05, 0) is 25.1 Å². The summed E-state index contributed by atoms with van der Waals surface area (Å²) in [6.07, 6.45) is 0.570. The van der Waals surface area contributed by atoms with Crippen LogP contribution in [-0.2, 0) is 10.0 Å². The Morgan fingerprint density at radius 3 is 2.76 bits per heavy atom. The van der Waals surface area contributed by atoms with Crippen molar-refractivity contribution < 1.29 is 13.2 Å². The first kappa shape index (κ1) is 14.2. The number of ether oxygens (including phenoxy) is 1. The molecule has 1 aromatic carbocycles. The van der Waals surface area contributed by atoms with Gasteiger partial charge in [0, 0.05) is 12.6 Å². The summed E-state index contributed by atoms with van der Waals surface area (Å²) in [7, 11) is -2.15. The topological polar surface area (TPSA) is 81.4 Å². The first-order valence-electron chi connectivity index (χ1n) is 5.04. The monoisotopic (exact) mass is 278 g/mol. The lowest BCUT2D eigenvalue weighted by molar-refractivity contribution is 0.413. The van der Waals surface area contributed by atoms with Crippen molar-refractivity contribution in [3.05, 3.63) is 23.2 Å². The number of hydrogen-bond donors (Lipinski definition) is 2. The zero-order valence-corrected chi connectivity index (χ0v) is 11.0. The van der Waals surface area contributed by atoms with E-state index >= 15 is 0 Å². The molecule has 0 aliphatic rings. The van der Waals surface area contributed by atoms with Crippen LogP contribution in [0.25, 0.3) is 0 Å². The minimum Gasteiger partial charge on any atom is -0.497 e. The fraction of sp³-hybridized carbons (Fsp3) is 0.400. The average Bonchev–Trinajstić information content (AvgIpc) is 2.29. The number of nitrogens with one attached hydrogen (secondary N) is 1. The minimum absolute atomic E-state index is 0.00976. The minimum atomic E-state index is -3.61. The van der Waals surface area contributed by atoms with Crippen LogP contribution in [0, 0.1) is 0 Å². The van der Waals surface area contributed by atoms with Gasteiger partial charge in [-0.15, -0.1) is 0 Å². The number of halogens is 1. The van der Waals surface area contributed by atoms with Crippen LogP contribution in [0.4, 0.5) is 0 Å². The summed E-state index contributed by atoms with van der Waals surface area (Å²) in [4.78, 5) is 0.00976. The van der Waals surface area contributed by atoms with Gasteiger partial charge in [-0.2, -0.15) is 0 Å². The van der Waals surface area contributed by atoms with Crippen LogP contribution in [-0.4, -0.2) is 28.6 Å². The van der Waals surface area contributed by atoms with Gasteiger partial charge in [-0.3, -0.25) is 0 Å². The third-order valence-electron chi connectivity index (χ3n) is 2.10. The second-order valence-corrected chi connectivity index (χ2v) is 5.48. The highest BCUT2D eigenvalue weighted by Crippen LogP contribution is 2.25. The normalized spacial score (nSPS) is 11.5. The van der Waals surface area contributed by atoms with Crippen molar-refractivity contribution in [3.63, 3.8) is 0 Å². The van der Waals surface area contributed by atoms with Gasteiger partial charge < -0.3 is 10.5 Å². The van der Waals surface area contributed by atoms with Crippen molar-refractivity contribution in [2.75, 3.05) is 20.2 Å². The average molecular weight is 279 g/mol. The number of hydrogen-bond acceptors (Lipinski definition) is 4. The standard InChI is InChI=1S/C10H15ClN2O3S/c1-16-8-3-4-9(11)10(7-8)17(14,15)13-6-2-5-12/h3-4,7,13H,2,5-6,12H2,1H3.